The zero-order valence-corrected chi connectivity index (χ0v) is 13.2. The summed E-state index contributed by atoms with van der Waals surface area (Å²) in [4.78, 5) is 14.3. The normalized spacial score (nSPS) is 21.1. The molecule has 0 aromatic carbocycles. The number of hydrogen-bond donors (Lipinski definition) is 1. The van der Waals surface area contributed by atoms with E-state index < -0.39 is 0 Å². The molecule has 0 aromatic heterocycles. The number of amides is 1. The molecule has 18 heavy (non-hydrogen) atoms. The topological polar surface area (TPSA) is 46.3 Å². The van der Waals surface area contributed by atoms with Crippen molar-refractivity contribution >= 4 is 18.3 Å². The van der Waals surface area contributed by atoms with Crippen molar-refractivity contribution in [2.24, 2.45) is 23.0 Å². The summed E-state index contributed by atoms with van der Waals surface area (Å²) < 4.78 is 0. The Bertz CT molecular complexity index is 265. The van der Waals surface area contributed by atoms with Crippen LogP contribution in [0.25, 0.3) is 0 Å². The van der Waals surface area contributed by atoms with Gasteiger partial charge in [-0.15, -0.1) is 12.4 Å². The third kappa shape index (κ3) is 4.43. The molecule has 1 saturated heterocycles. The number of nitrogens with zero attached hydrogens (tertiary/aromatic N) is 1. The van der Waals surface area contributed by atoms with Gasteiger partial charge in [0.2, 0.25) is 5.91 Å². The minimum Gasteiger partial charge on any atom is -0.342 e. The van der Waals surface area contributed by atoms with Gasteiger partial charge in [-0.3, -0.25) is 4.79 Å². The van der Waals surface area contributed by atoms with Gasteiger partial charge in [0.25, 0.3) is 0 Å². The van der Waals surface area contributed by atoms with E-state index in [0.29, 0.717) is 11.8 Å². The summed E-state index contributed by atoms with van der Waals surface area (Å²) in [5, 5.41) is 0. The van der Waals surface area contributed by atoms with Crippen LogP contribution < -0.4 is 5.73 Å². The van der Waals surface area contributed by atoms with Crippen molar-refractivity contribution in [1.82, 2.24) is 4.90 Å². The Balaban J connectivity index is 0.00000289. The number of rotatable bonds is 2. The summed E-state index contributed by atoms with van der Waals surface area (Å²) in [5.74, 6) is 0.985. The highest BCUT2D eigenvalue weighted by Gasteiger charge is 2.32. The number of likely N-dealkylation sites (tertiary alicyclic amines) is 1. The van der Waals surface area contributed by atoms with Crippen molar-refractivity contribution < 1.29 is 4.79 Å². The van der Waals surface area contributed by atoms with Gasteiger partial charge in [0, 0.05) is 25.0 Å². The monoisotopic (exact) mass is 276 g/mol. The highest BCUT2D eigenvalue weighted by atomic mass is 35.5. The molecule has 0 radical (unpaired) electrons. The summed E-state index contributed by atoms with van der Waals surface area (Å²) in [6.45, 7) is 12.3. The van der Waals surface area contributed by atoms with E-state index in [1.807, 2.05) is 11.8 Å². The second-order valence-corrected chi connectivity index (χ2v) is 6.61. The molecule has 1 aliphatic rings. The molecule has 1 heterocycles. The third-order valence-electron chi connectivity index (χ3n) is 4.26. The molecule has 2 N–H and O–H groups in total. The number of halogens is 1. The molecule has 0 saturated carbocycles. The summed E-state index contributed by atoms with van der Waals surface area (Å²) >= 11 is 0. The van der Waals surface area contributed by atoms with E-state index >= 15 is 0 Å². The lowest BCUT2D eigenvalue weighted by Crippen LogP contribution is -2.46. The molecule has 3 nitrogen and oxygen atoms in total. The van der Waals surface area contributed by atoms with Crippen molar-refractivity contribution in [3.63, 3.8) is 0 Å². The second kappa shape index (κ2) is 6.76. The van der Waals surface area contributed by atoms with Crippen LogP contribution >= 0.6 is 12.4 Å². The molecule has 0 aliphatic carbocycles. The molecule has 1 aliphatic heterocycles. The largest absolute Gasteiger partial charge is 0.342 e. The van der Waals surface area contributed by atoms with Crippen LogP contribution in [-0.4, -0.2) is 29.9 Å². The van der Waals surface area contributed by atoms with Crippen molar-refractivity contribution in [3.8, 4) is 0 Å². The average Bonchev–Trinajstić information content (AvgIpc) is 2.26. The summed E-state index contributed by atoms with van der Waals surface area (Å²) in [5.41, 5.74) is 5.96. The molecule has 0 aromatic rings. The Morgan fingerprint density at radius 1 is 1.22 bits per heavy atom. The maximum atomic E-state index is 12.3. The molecule has 1 amide bonds. The van der Waals surface area contributed by atoms with Crippen LogP contribution in [0.15, 0.2) is 0 Å². The van der Waals surface area contributed by atoms with E-state index in [1.54, 1.807) is 0 Å². The van der Waals surface area contributed by atoms with E-state index in [0.717, 1.165) is 25.9 Å². The van der Waals surface area contributed by atoms with Crippen LogP contribution in [-0.2, 0) is 4.79 Å². The van der Waals surface area contributed by atoms with Gasteiger partial charge in [-0.05, 0) is 31.1 Å². The average molecular weight is 277 g/mol. The fraction of sp³-hybridized carbons (Fsp3) is 0.929. The lowest BCUT2D eigenvalue weighted by atomic mass is 9.80. The van der Waals surface area contributed by atoms with Crippen LogP contribution in [0.1, 0.15) is 47.5 Å². The van der Waals surface area contributed by atoms with E-state index in [9.17, 15) is 4.79 Å². The maximum absolute atomic E-state index is 12.3. The Kier molecular flexibility index (Phi) is 6.66. The van der Waals surface area contributed by atoms with Gasteiger partial charge < -0.3 is 10.6 Å². The Morgan fingerprint density at radius 2 is 1.67 bits per heavy atom. The first kappa shape index (κ1) is 17.7. The highest BCUT2D eigenvalue weighted by molar-refractivity contribution is 5.85. The van der Waals surface area contributed by atoms with Gasteiger partial charge in [-0.1, -0.05) is 27.7 Å². The molecule has 4 heteroatoms. The standard InChI is InChI=1S/C14H28N2O.ClH/c1-10(14(3,4)5)13(17)16-8-6-12(7-9-16)11(2)15;/h10-12H,6-9,15H2,1-5H3;1H. The molecular weight excluding hydrogens is 248 g/mol. The van der Waals surface area contributed by atoms with Gasteiger partial charge in [-0.2, -0.15) is 0 Å². The van der Waals surface area contributed by atoms with Crippen LogP contribution in [0.3, 0.4) is 0 Å². The van der Waals surface area contributed by atoms with Crippen LogP contribution in [0.4, 0.5) is 0 Å². The van der Waals surface area contributed by atoms with E-state index in [-0.39, 0.29) is 29.8 Å². The number of carbonyl (C=O) groups excluding carboxylic acids is 1. The van der Waals surface area contributed by atoms with Crippen molar-refractivity contribution in [3.05, 3.63) is 0 Å². The second-order valence-electron chi connectivity index (χ2n) is 6.61. The zero-order chi connectivity index (χ0) is 13.2. The number of carbonyl (C=O) groups is 1. The zero-order valence-electron chi connectivity index (χ0n) is 12.4. The van der Waals surface area contributed by atoms with E-state index in [4.69, 9.17) is 5.73 Å². The SMILES string of the molecule is CC(N)C1CCN(C(=O)C(C)C(C)(C)C)CC1.Cl. The Labute approximate surface area is 118 Å². The Hall–Kier alpha value is -0.280. The molecular formula is C14H29ClN2O. The number of hydrogen-bond acceptors (Lipinski definition) is 2. The predicted molar refractivity (Wildman–Crippen MR) is 78.8 cm³/mol. The van der Waals surface area contributed by atoms with Gasteiger partial charge in [-0.25, -0.2) is 0 Å². The lowest BCUT2D eigenvalue weighted by Gasteiger charge is -2.37. The van der Waals surface area contributed by atoms with Gasteiger partial charge in [0.15, 0.2) is 0 Å². The summed E-state index contributed by atoms with van der Waals surface area (Å²) in [7, 11) is 0. The molecule has 2 unspecified atom stereocenters. The van der Waals surface area contributed by atoms with Crippen molar-refractivity contribution in [1.29, 1.82) is 0 Å². The van der Waals surface area contributed by atoms with Crippen molar-refractivity contribution in [2.45, 2.75) is 53.5 Å². The molecule has 1 rings (SSSR count). The minimum atomic E-state index is 0. The van der Waals surface area contributed by atoms with Gasteiger partial charge in [0.1, 0.15) is 0 Å². The third-order valence-corrected chi connectivity index (χ3v) is 4.26. The predicted octanol–water partition coefficient (Wildman–Crippen LogP) is 2.68. The first-order chi connectivity index (χ1) is 7.73. The van der Waals surface area contributed by atoms with Gasteiger partial charge >= 0.3 is 0 Å². The summed E-state index contributed by atoms with van der Waals surface area (Å²) in [6, 6.07) is 0.257. The van der Waals surface area contributed by atoms with Gasteiger partial charge in [0.05, 0.1) is 0 Å². The summed E-state index contributed by atoms with van der Waals surface area (Å²) in [6.07, 6.45) is 2.11. The smallest absolute Gasteiger partial charge is 0.225 e. The first-order valence-electron chi connectivity index (χ1n) is 6.78. The first-order valence-corrected chi connectivity index (χ1v) is 6.78. The molecule has 2 atom stereocenters. The van der Waals surface area contributed by atoms with Crippen molar-refractivity contribution in [2.75, 3.05) is 13.1 Å². The highest BCUT2D eigenvalue weighted by Crippen LogP contribution is 2.29. The van der Waals surface area contributed by atoms with Crippen LogP contribution in [0, 0.1) is 17.3 Å². The Morgan fingerprint density at radius 3 is 2.00 bits per heavy atom. The molecule has 1 fully saturated rings. The number of piperidine rings is 1. The number of nitrogens with two attached hydrogens (primary N) is 1. The molecule has 0 spiro atoms. The quantitative estimate of drug-likeness (QED) is 0.843. The lowest BCUT2D eigenvalue weighted by molar-refractivity contribution is -0.139. The van der Waals surface area contributed by atoms with E-state index in [2.05, 4.69) is 27.7 Å². The van der Waals surface area contributed by atoms with Crippen LogP contribution in [0.2, 0.25) is 0 Å². The fourth-order valence-corrected chi connectivity index (χ4v) is 2.29. The van der Waals surface area contributed by atoms with E-state index in [1.165, 1.54) is 0 Å². The van der Waals surface area contributed by atoms with Crippen LogP contribution in [0.5, 0.6) is 0 Å². The molecule has 0 bridgehead atoms. The molecule has 108 valence electrons. The maximum Gasteiger partial charge on any atom is 0.225 e. The minimum absolute atomic E-state index is 0. The fourth-order valence-electron chi connectivity index (χ4n) is 2.29.